The smallest absolute Gasteiger partial charge is 0.748 e. The van der Waals surface area contributed by atoms with Crippen LogP contribution >= 0.6 is 0 Å². The molecule has 0 heterocycles. The number of aliphatic hydroxyl groups is 2. The SMILES string of the molecule is C=CC.C=CCO.O=S(=O)([O-])CCCO.[Na+]. The van der Waals surface area contributed by atoms with E-state index in [1.165, 1.54) is 6.08 Å². The van der Waals surface area contributed by atoms with Gasteiger partial charge in [0.25, 0.3) is 0 Å². The van der Waals surface area contributed by atoms with E-state index in [9.17, 15) is 13.0 Å². The Bertz CT molecular complexity index is 226. The van der Waals surface area contributed by atoms with Gasteiger partial charge >= 0.3 is 29.6 Å². The molecule has 0 amide bonds. The number of aliphatic hydroxyl groups excluding tert-OH is 2. The zero-order chi connectivity index (χ0) is 12.7. The van der Waals surface area contributed by atoms with Gasteiger partial charge in [0.1, 0.15) is 0 Å². The molecule has 0 fully saturated rings. The van der Waals surface area contributed by atoms with Gasteiger partial charge in [0.05, 0.1) is 16.7 Å². The molecular formula is C9H19NaO5S. The molecule has 0 radical (unpaired) electrons. The second-order valence-corrected chi connectivity index (χ2v) is 3.74. The van der Waals surface area contributed by atoms with Crippen LogP contribution in [0.25, 0.3) is 0 Å². The van der Waals surface area contributed by atoms with Crippen molar-refractivity contribution in [1.29, 1.82) is 0 Å². The molecule has 0 aromatic rings. The molecule has 0 bridgehead atoms. The molecule has 0 aliphatic carbocycles. The predicted molar refractivity (Wildman–Crippen MR) is 59.4 cm³/mol. The number of hydrogen-bond acceptors (Lipinski definition) is 5. The zero-order valence-electron chi connectivity index (χ0n) is 9.92. The van der Waals surface area contributed by atoms with E-state index in [2.05, 4.69) is 13.2 Å². The van der Waals surface area contributed by atoms with Gasteiger partial charge in [0, 0.05) is 12.4 Å². The van der Waals surface area contributed by atoms with E-state index >= 15 is 0 Å². The summed E-state index contributed by atoms with van der Waals surface area (Å²) < 4.78 is 29.2. The number of rotatable bonds is 4. The first-order valence-electron chi connectivity index (χ1n) is 4.22. The summed E-state index contributed by atoms with van der Waals surface area (Å²) in [5.41, 5.74) is 0. The monoisotopic (exact) mass is 262 g/mol. The van der Waals surface area contributed by atoms with E-state index in [0.29, 0.717) is 0 Å². The summed E-state index contributed by atoms with van der Waals surface area (Å²) in [4.78, 5) is 0. The van der Waals surface area contributed by atoms with Crippen molar-refractivity contribution >= 4 is 10.1 Å². The van der Waals surface area contributed by atoms with Gasteiger partial charge in [-0.25, -0.2) is 8.42 Å². The standard InChI is InChI=1S/C3H8O4S.C3H6O.C3H6.Na/c4-2-1-3-8(5,6)7;1-2-3-4;1-3-2;/h4H,1-3H2,(H,5,6,7);2,4H,1,3H2;3H,1H2,2H3;/q;;;+1/p-1. The maximum Gasteiger partial charge on any atom is 1.00 e. The van der Waals surface area contributed by atoms with E-state index in [1.807, 2.05) is 6.92 Å². The molecule has 0 aliphatic rings. The molecule has 0 saturated heterocycles. The first-order valence-corrected chi connectivity index (χ1v) is 5.80. The Kier molecular flexibility index (Phi) is 32.6. The molecule has 7 heteroatoms. The van der Waals surface area contributed by atoms with E-state index in [4.69, 9.17) is 10.2 Å². The Labute approximate surface area is 120 Å². The van der Waals surface area contributed by atoms with Crippen LogP contribution in [0.5, 0.6) is 0 Å². The zero-order valence-corrected chi connectivity index (χ0v) is 12.7. The van der Waals surface area contributed by atoms with Gasteiger partial charge in [0.2, 0.25) is 0 Å². The van der Waals surface area contributed by atoms with Gasteiger partial charge in [-0.3, -0.25) is 0 Å². The minimum absolute atomic E-state index is 0. The summed E-state index contributed by atoms with van der Waals surface area (Å²) in [7, 11) is -4.10. The van der Waals surface area contributed by atoms with Crippen LogP contribution in [0.4, 0.5) is 0 Å². The van der Waals surface area contributed by atoms with Gasteiger partial charge in [-0.05, 0) is 13.3 Å². The van der Waals surface area contributed by atoms with E-state index < -0.39 is 15.9 Å². The Hall–Kier alpha value is 0.310. The molecule has 16 heavy (non-hydrogen) atoms. The number of hydrogen-bond donors (Lipinski definition) is 2. The summed E-state index contributed by atoms with van der Waals surface area (Å²) in [6.07, 6.45) is 3.21. The summed E-state index contributed by atoms with van der Waals surface area (Å²) in [5.74, 6) is -0.469. The Morgan fingerprint density at radius 3 is 1.69 bits per heavy atom. The third kappa shape index (κ3) is 63.7. The second-order valence-electron chi connectivity index (χ2n) is 2.22. The van der Waals surface area contributed by atoms with Crippen LogP contribution in [-0.2, 0) is 10.1 Å². The van der Waals surface area contributed by atoms with Crippen LogP contribution in [0.2, 0.25) is 0 Å². The largest absolute Gasteiger partial charge is 1.00 e. The second kappa shape index (κ2) is 20.7. The molecular weight excluding hydrogens is 243 g/mol. The van der Waals surface area contributed by atoms with Gasteiger partial charge < -0.3 is 14.8 Å². The normalized spacial score (nSPS) is 8.25. The van der Waals surface area contributed by atoms with Gasteiger partial charge in [-0.1, -0.05) is 12.2 Å². The van der Waals surface area contributed by atoms with Crippen LogP contribution in [-0.4, -0.2) is 42.2 Å². The molecule has 0 spiro atoms. The van der Waals surface area contributed by atoms with Gasteiger partial charge in [0.15, 0.2) is 0 Å². The minimum Gasteiger partial charge on any atom is -0.748 e. The molecule has 0 aromatic heterocycles. The van der Waals surface area contributed by atoms with Crippen molar-refractivity contribution in [3.63, 3.8) is 0 Å². The van der Waals surface area contributed by atoms with E-state index in [-0.39, 0.29) is 49.2 Å². The van der Waals surface area contributed by atoms with Gasteiger partial charge in [-0.2, -0.15) is 0 Å². The molecule has 0 aliphatic heterocycles. The van der Waals surface area contributed by atoms with Crippen molar-refractivity contribution < 1.29 is 52.7 Å². The van der Waals surface area contributed by atoms with Crippen LogP contribution in [0.1, 0.15) is 13.3 Å². The molecule has 0 unspecified atom stereocenters. The topological polar surface area (TPSA) is 97.7 Å². The van der Waals surface area contributed by atoms with Gasteiger partial charge in [-0.15, -0.1) is 13.2 Å². The molecule has 92 valence electrons. The van der Waals surface area contributed by atoms with Crippen molar-refractivity contribution in [2.75, 3.05) is 19.0 Å². The van der Waals surface area contributed by atoms with E-state index in [0.717, 1.165) is 0 Å². The minimum atomic E-state index is -4.10. The maximum atomic E-state index is 9.72. The quantitative estimate of drug-likeness (QED) is 0.326. The number of allylic oxidation sites excluding steroid dienone is 1. The average molecular weight is 262 g/mol. The molecule has 0 aromatic carbocycles. The summed E-state index contributed by atoms with van der Waals surface area (Å²) in [6, 6.07) is 0. The molecule has 0 rings (SSSR count). The van der Waals surface area contributed by atoms with Crippen LogP contribution in [0.15, 0.2) is 25.3 Å². The molecule has 5 nitrogen and oxygen atoms in total. The van der Waals surface area contributed by atoms with Crippen LogP contribution < -0.4 is 29.6 Å². The first kappa shape index (κ1) is 25.2. The third-order valence-electron chi connectivity index (χ3n) is 0.682. The fourth-order valence-electron chi connectivity index (χ4n) is 0.241. The van der Waals surface area contributed by atoms with Crippen LogP contribution in [0.3, 0.4) is 0 Å². The third-order valence-corrected chi connectivity index (χ3v) is 1.47. The Balaban J connectivity index is -0.0000000767. The fraction of sp³-hybridized carbons (Fsp3) is 0.556. The maximum absolute atomic E-state index is 9.72. The Morgan fingerprint density at radius 2 is 1.62 bits per heavy atom. The van der Waals surface area contributed by atoms with E-state index in [1.54, 1.807) is 6.08 Å². The van der Waals surface area contributed by atoms with Crippen molar-refractivity contribution in [3.05, 3.63) is 25.3 Å². The summed E-state index contributed by atoms with van der Waals surface area (Å²) in [5, 5.41) is 15.8. The fourth-order valence-corrected chi connectivity index (χ4v) is 0.724. The first-order chi connectivity index (χ1) is 6.89. The summed E-state index contributed by atoms with van der Waals surface area (Å²) in [6.45, 7) is 8.31. The molecule has 0 atom stereocenters. The van der Waals surface area contributed by atoms with Crippen molar-refractivity contribution in [2.24, 2.45) is 0 Å². The molecule has 0 saturated carbocycles. The predicted octanol–water partition coefficient (Wildman–Crippen LogP) is -2.72. The Morgan fingerprint density at radius 1 is 1.31 bits per heavy atom. The summed E-state index contributed by atoms with van der Waals surface area (Å²) >= 11 is 0. The van der Waals surface area contributed by atoms with Crippen molar-refractivity contribution in [1.82, 2.24) is 0 Å². The van der Waals surface area contributed by atoms with Crippen molar-refractivity contribution in [2.45, 2.75) is 13.3 Å². The average Bonchev–Trinajstić information content (AvgIpc) is 2.15. The van der Waals surface area contributed by atoms with Crippen LogP contribution in [0, 0.1) is 0 Å². The molecule has 2 N–H and O–H groups in total. The van der Waals surface area contributed by atoms with Crippen molar-refractivity contribution in [3.8, 4) is 0 Å².